The number of halogens is 2. The van der Waals surface area contributed by atoms with Gasteiger partial charge in [-0.25, -0.2) is 0 Å². The third-order valence-electron chi connectivity index (χ3n) is 3.60. The average molecular weight is 467 g/mol. The molecule has 1 saturated heterocycles. The van der Waals surface area contributed by atoms with Gasteiger partial charge in [-0.1, -0.05) is 23.7 Å². The lowest BCUT2D eigenvalue weighted by molar-refractivity contribution is -0.135. The van der Waals surface area contributed by atoms with Crippen LogP contribution in [0, 0.1) is 0 Å². The third-order valence-corrected chi connectivity index (χ3v) is 3.85. The van der Waals surface area contributed by atoms with Gasteiger partial charge in [-0.15, -0.1) is 24.0 Å². The van der Waals surface area contributed by atoms with Gasteiger partial charge in [0.15, 0.2) is 5.96 Å². The highest BCUT2D eigenvalue weighted by Crippen LogP contribution is 2.13. The molecule has 0 saturated carbocycles. The van der Waals surface area contributed by atoms with E-state index in [1.807, 2.05) is 41.0 Å². The molecule has 2 rings (SSSR count). The summed E-state index contributed by atoms with van der Waals surface area (Å²) in [4.78, 5) is 20.5. The van der Waals surface area contributed by atoms with Crippen LogP contribution < -0.4 is 5.32 Å². The number of hydrogen-bond acceptors (Lipinski definition) is 3. The smallest absolute Gasteiger partial charge is 0.242 e. The Balaban J connectivity index is 0.00000288. The number of aliphatic imine (C=N–C) groups is 1. The lowest BCUT2D eigenvalue weighted by atomic mass is 10.2. The number of guanidine groups is 1. The van der Waals surface area contributed by atoms with Crippen LogP contribution in [0.2, 0.25) is 5.02 Å². The van der Waals surface area contributed by atoms with Crippen LogP contribution in [-0.4, -0.2) is 66.1 Å². The number of aliphatic hydroxyl groups is 1. The zero-order valence-corrected chi connectivity index (χ0v) is 16.8. The Bertz CT molecular complexity index is 554. The molecule has 0 aromatic heterocycles. The highest BCUT2D eigenvalue weighted by molar-refractivity contribution is 14.0. The van der Waals surface area contributed by atoms with E-state index >= 15 is 0 Å². The third kappa shape index (κ3) is 6.10. The summed E-state index contributed by atoms with van der Waals surface area (Å²) in [6.07, 6.45) is 0. The number of piperazine rings is 1. The van der Waals surface area contributed by atoms with E-state index in [4.69, 9.17) is 16.7 Å². The number of nitrogens with zero attached hydrogens (tertiary/aromatic N) is 3. The molecule has 134 valence electrons. The maximum atomic E-state index is 12.4. The van der Waals surface area contributed by atoms with Gasteiger partial charge < -0.3 is 20.2 Å². The second-order valence-corrected chi connectivity index (χ2v) is 5.76. The fourth-order valence-electron chi connectivity index (χ4n) is 2.45. The molecule has 1 aliphatic rings. The van der Waals surface area contributed by atoms with Gasteiger partial charge in [-0.3, -0.25) is 9.79 Å². The monoisotopic (exact) mass is 466 g/mol. The van der Waals surface area contributed by atoms with Crippen LogP contribution in [-0.2, 0) is 11.3 Å². The molecule has 0 aliphatic carbocycles. The largest absolute Gasteiger partial charge is 0.394 e. The Morgan fingerprint density at radius 1 is 1.33 bits per heavy atom. The summed E-state index contributed by atoms with van der Waals surface area (Å²) in [5, 5.41) is 12.8. The molecule has 0 spiro atoms. The number of hydrogen-bond donors (Lipinski definition) is 2. The van der Waals surface area contributed by atoms with E-state index in [9.17, 15) is 4.79 Å². The minimum Gasteiger partial charge on any atom is -0.394 e. The van der Waals surface area contributed by atoms with Crippen molar-refractivity contribution in [2.45, 2.75) is 13.5 Å². The fraction of sp³-hybridized carbons (Fsp3) is 0.500. The second-order valence-electron chi connectivity index (χ2n) is 5.32. The van der Waals surface area contributed by atoms with Crippen LogP contribution in [0.5, 0.6) is 0 Å². The summed E-state index contributed by atoms with van der Waals surface area (Å²) < 4.78 is 0. The normalized spacial score (nSPS) is 15.3. The van der Waals surface area contributed by atoms with Crippen LogP contribution in [0.1, 0.15) is 12.5 Å². The van der Waals surface area contributed by atoms with Gasteiger partial charge in [-0.05, 0) is 24.6 Å². The van der Waals surface area contributed by atoms with Gasteiger partial charge in [0.05, 0.1) is 19.7 Å². The van der Waals surface area contributed by atoms with Gasteiger partial charge in [0.2, 0.25) is 5.91 Å². The summed E-state index contributed by atoms with van der Waals surface area (Å²) in [6.45, 7) is 5.29. The molecule has 24 heavy (non-hydrogen) atoms. The van der Waals surface area contributed by atoms with E-state index in [0.29, 0.717) is 37.2 Å². The van der Waals surface area contributed by atoms with E-state index < -0.39 is 0 Å². The molecule has 2 N–H and O–H groups in total. The molecule has 1 aliphatic heterocycles. The molecule has 1 amide bonds. The maximum absolute atomic E-state index is 12.4. The molecule has 0 bridgehead atoms. The molecule has 0 atom stereocenters. The molecule has 6 nitrogen and oxygen atoms in total. The van der Waals surface area contributed by atoms with Crippen molar-refractivity contribution in [3.8, 4) is 0 Å². The first kappa shape index (κ1) is 21.0. The Morgan fingerprint density at radius 3 is 2.62 bits per heavy atom. The molecule has 1 fully saturated rings. The lowest BCUT2D eigenvalue weighted by Gasteiger charge is -2.36. The van der Waals surface area contributed by atoms with Crippen molar-refractivity contribution in [1.29, 1.82) is 0 Å². The topological polar surface area (TPSA) is 68.2 Å². The molecule has 1 aromatic rings. The number of carbonyl (C=O) groups is 1. The number of carbonyl (C=O) groups excluding carboxylic acids is 1. The average Bonchev–Trinajstić information content (AvgIpc) is 2.55. The van der Waals surface area contributed by atoms with Crippen LogP contribution >= 0.6 is 35.6 Å². The summed E-state index contributed by atoms with van der Waals surface area (Å²) >= 11 is 5.88. The minimum absolute atomic E-state index is 0. The van der Waals surface area contributed by atoms with Crippen LogP contribution in [0.3, 0.4) is 0 Å². The van der Waals surface area contributed by atoms with E-state index in [1.165, 1.54) is 0 Å². The van der Waals surface area contributed by atoms with Crippen LogP contribution in [0.4, 0.5) is 0 Å². The first-order valence-corrected chi connectivity index (χ1v) is 8.18. The molecule has 8 heteroatoms. The maximum Gasteiger partial charge on any atom is 0.242 e. The lowest BCUT2D eigenvalue weighted by Crippen LogP contribution is -2.55. The Labute approximate surface area is 164 Å². The zero-order valence-electron chi connectivity index (χ0n) is 13.7. The first-order chi connectivity index (χ1) is 11.1. The predicted molar refractivity (Wildman–Crippen MR) is 107 cm³/mol. The molecule has 1 heterocycles. The predicted octanol–water partition coefficient (Wildman–Crippen LogP) is 1.56. The van der Waals surface area contributed by atoms with Gasteiger partial charge in [-0.2, -0.15) is 0 Å². The highest BCUT2D eigenvalue weighted by atomic mass is 127. The van der Waals surface area contributed by atoms with E-state index in [-0.39, 0.29) is 36.5 Å². The van der Waals surface area contributed by atoms with Crippen molar-refractivity contribution in [3.63, 3.8) is 0 Å². The summed E-state index contributed by atoms with van der Waals surface area (Å²) in [5.74, 6) is 0.752. The van der Waals surface area contributed by atoms with Crippen molar-refractivity contribution in [2.24, 2.45) is 4.99 Å². The molecule has 0 radical (unpaired) electrons. The summed E-state index contributed by atoms with van der Waals surface area (Å²) in [5.41, 5.74) is 1.07. The zero-order chi connectivity index (χ0) is 16.7. The van der Waals surface area contributed by atoms with E-state index in [1.54, 1.807) is 0 Å². The van der Waals surface area contributed by atoms with Crippen molar-refractivity contribution < 1.29 is 9.90 Å². The Kier molecular flexibility index (Phi) is 9.38. The molecule has 1 aromatic carbocycles. The number of aliphatic hydroxyl groups excluding tert-OH is 1. The number of benzene rings is 1. The van der Waals surface area contributed by atoms with Crippen molar-refractivity contribution in [3.05, 3.63) is 34.9 Å². The molecule has 0 unspecified atom stereocenters. The van der Waals surface area contributed by atoms with Gasteiger partial charge in [0, 0.05) is 31.2 Å². The Morgan fingerprint density at radius 2 is 2.04 bits per heavy atom. The minimum atomic E-state index is -0.000623. The van der Waals surface area contributed by atoms with Crippen molar-refractivity contribution in [1.82, 2.24) is 15.1 Å². The second kappa shape index (κ2) is 10.7. The van der Waals surface area contributed by atoms with E-state index in [2.05, 4.69) is 10.3 Å². The SMILES string of the molecule is CCNC(=NCCO)N1CCN(Cc2ccc(Cl)cc2)C(=O)C1.I. The van der Waals surface area contributed by atoms with Gasteiger partial charge >= 0.3 is 0 Å². The molecular weight excluding hydrogens is 443 g/mol. The number of amides is 1. The standard InChI is InChI=1S/C16H23ClN4O2.HI/c1-2-18-16(19-7-10-22)21-9-8-20(15(23)12-21)11-13-3-5-14(17)6-4-13;/h3-6,22H,2,7-12H2,1H3,(H,18,19);1H. The number of nitrogens with one attached hydrogen (secondary N) is 1. The quantitative estimate of drug-likeness (QED) is 0.393. The van der Waals surface area contributed by atoms with Crippen LogP contribution in [0.15, 0.2) is 29.3 Å². The molecular formula is C16H24ClIN4O2. The summed E-state index contributed by atoms with van der Waals surface area (Å²) in [7, 11) is 0. The van der Waals surface area contributed by atoms with Gasteiger partial charge in [0.25, 0.3) is 0 Å². The first-order valence-electron chi connectivity index (χ1n) is 7.80. The van der Waals surface area contributed by atoms with Crippen molar-refractivity contribution in [2.75, 3.05) is 39.3 Å². The van der Waals surface area contributed by atoms with Gasteiger partial charge in [0.1, 0.15) is 0 Å². The van der Waals surface area contributed by atoms with E-state index in [0.717, 1.165) is 18.7 Å². The summed E-state index contributed by atoms with van der Waals surface area (Å²) in [6, 6.07) is 7.55. The fourth-order valence-corrected chi connectivity index (χ4v) is 2.57. The number of rotatable bonds is 5. The Hall–Kier alpha value is -1.06. The van der Waals surface area contributed by atoms with Crippen molar-refractivity contribution >= 4 is 47.4 Å². The highest BCUT2D eigenvalue weighted by Gasteiger charge is 2.25. The van der Waals surface area contributed by atoms with Crippen LogP contribution in [0.25, 0.3) is 0 Å².